The summed E-state index contributed by atoms with van der Waals surface area (Å²) in [6.07, 6.45) is 3.59. The number of hydrogen-bond acceptors (Lipinski definition) is 6. The molecule has 0 atom stereocenters. The smallest absolute Gasteiger partial charge is 0.263 e. The molecule has 8 heteroatoms. The van der Waals surface area contributed by atoms with Crippen LogP contribution in [-0.4, -0.2) is 38.6 Å². The lowest BCUT2D eigenvalue weighted by Crippen LogP contribution is -2.25. The molecule has 1 aromatic carbocycles. The molecule has 0 aliphatic carbocycles. The molecule has 3 aromatic rings. The maximum absolute atomic E-state index is 12.5. The molecule has 0 fully saturated rings. The average molecular weight is 439 g/mol. The molecule has 2 aromatic heterocycles. The molecule has 1 amide bonds. The van der Waals surface area contributed by atoms with Gasteiger partial charge in [-0.3, -0.25) is 9.36 Å². The number of carbonyl (C=O) groups excluding carboxylic acids is 1. The zero-order chi connectivity index (χ0) is 23.4. The summed E-state index contributed by atoms with van der Waals surface area (Å²) in [6, 6.07) is 9.22. The van der Waals surface area contributed by atoms with Gasteiger partial charge < -0.3 is 15.4 Å². The topological polar surface area (TPSA) is 94.0 Å². The van der Waals surface area contributed by atoms with Crippen molar-refractivity contribution in [2.75, 3.05) is 23.8 Å². The van der Waals surface area contributed by atoms with Crippen LogP contribution in [0.15, 0.2) is 36.7 Å². The van der Waals surface area contributed by atoms with Crippen LogP contribution in [0.5, 0.6) is 5.75 Å². The lowest BCUT2D eigenvalue weighted by Gasteiger charge is -2.24. The van der Waals surface area contributed by atoms with Gasteiger partial charge in [-0.05, 0) is 51.2 Å². The van der Waals surface area contributed by atoms with E-state index in [9.17, 15) is 4.79 Å². The number of amides is 1. The van der Waals surface area contributed by atoms with Crippen LogP contribution in [0.25, 0.3) is 11.2 Å². The number of aromatic nitrogens is 4. The summed E-state index contributed by atoms with van der Waals surface area (Å²) in [5.41, 5.74) is 1.25. The predicted molar refractivity (Wildman–Crippen MR) is 128 cm³/mol. The summed E-state index contributed by atoms with van der Waals surface area (Å²) < 4.78 is 7.59. The molecular formula is C24H34N6O2. The average Bonchev–Trinajstić information content (AvgIpc) is 3.10. The highest BCUT2D eigenvalue weighted by Gasteiger charge is 2.25. The Morgan fingerprint density at radius 1 is 1.06 bits per heavy atom. The van der Waals surface area contributed by atoms with Gasteiger partial charge in [0.05, 0.1) is 0 Å². The second-order valence-electron chi connectivity index (χ2n) is 10.1. The summed E-state index contributed by atoms with van der Waals surface area (Å²) in [4.78, 5) is 26.0. The van der Waals surface area contributed by atoms with Crippen molar-refractivity contribution < 1.29 is 9.53 Å². The fourth-order valence-corrected chi connectivity index (χ4v) is 3.39. The molecule has 2 heterocycles. The van der Waals surface area contributed by atoms with Crippen molar-refractivity contribution in [1.82, 2.24) is 19.5 Å². The maximum atomic E-state index is 12.5. The van der Waals surface area contributed by atoms with Crippen LogP contribution in [0.4, 0.5) is 11.8 Å². The van der Waals surface area contributed by atoms with Gasteiger partial charge in [0.25, 0.3) is 5.91 Å². The van der Waals surface area contributed by atoms with Crippen LogP contribution >= 0.6 is 0 Å². The van der Waals surface area contributed by atoms with Crippen molar-refractivity contribution in [2.45, 2.75) is 59.9 Å². The summed E-state index contributed by atoms with van der Waals surface area (Å²) in [7, 11) is 0. The molecule has 0 radical (unpaired) electrons. The Hall–Kier alpha value is -3.16. The highest BCUT2D eigenvalue weighted by Crippen LogP contribution is 2.30. The van der Waals surface area contributed by atoms with Gasteiger partial charge >= 0.3 is 0 Å². The molecule has 172 valence electrons. The van der Waals surface area contributed by atoms with Crippen molar-refractivity contribution in [1.29, 1.82) is 0 Å². The monoisotopic (exact) mass is 438 g/mol. The number of ether oxygens (including phenoxy) is 1. The number of imidazole rings is 1. The Morgan fingerprint density at radius 2 is 1.78 bits per heavy atom. The Kier molecular flexibility index (Phi) is 7.01. The molecule has 0 saturated heterocycles. The molecule has 0 saturated carbocycles. The summed E-state index contributed by atoms with van der Waals surface area (Å²) in [6.45, 7) is 13.7. The Labute approximate surface area is 189 Å². The second kappa shape index (κ2) is 9.54. The van der Waals surface area contributed by atoms with E-state index in [4.69, 9.17) is 9.72 Å². The maximum Gasteiger partial charge on any atom is 0.263 e. The standard InChI is InChI=1S/C24H34N6O2/c1-23(2,3)13-10-14-25-22-29-19-20(26-16-27-21(19)30(22)24(4,5)6)28-18(31)15-32-17-11-8-7-9-12-17/h7-9,11-12,16H,10,13-15H2,1-6H3,(H,25,29)(H,26,27,28,31). The van der Waals surface area contributed by atoms with Crippen LogP contribution < -0.4 is 15.4 Å². The number of carbonyl (C=O) groups is 1. The van der Waals surface area contributed by atoms with Gasteiger partial charge in [-0.15, -0.1) is 0 Å². The molecule has 0 spiro atoms. The van der Waals surface area contributed by atoms with Crippen molar-refractivity contribution in [3.8, 4) is 5.75 Å². The normalized spacial score (nSPS) is 12.1. The largest absolute Gasteiger partial charge is 0.484 e. The van der Waals surface area contributed by atoms with Gasteiger partial charge in [-0.1, -0.05) is 39.0 Å². The lowest BCUT2D eigenvalue weighted by molar-refractivity contribution is -0.118. The molecule has 0 aliphatic rings. The summed E-state index contributed by atoms with van der Waals surface area (Å²) in [5.74, 6) is 1.42. The van der Waals surface area contributed by atoms with E-state index in [2.05, 4.69) is 66.7 Å². The number of nitrogens with zero attached hydrogens (tertiary/aromatic N) is 4. The van der Waals surface area contributed by atoms with Crippen LogP contribution in [0.1, 0.15) is 54.4 Å². The Balaban J connectivity index is 1.79. The van der Waals surface area contributed by atoms with E-state index >= 15 is 0 Å². The van der Waals surface area contributed by atoms with E-state index in [-0.39, 0.29) is 23.5 Å². The van der Waals surface area contributed by atoms with Crippen LogP contribution in [-0.2, 0) is 10.3 Å². The minimum atomic E-state index is -0.307. The second-order valence-corrected chi connectivity index (χ2v) is 10.1. The molecule has 3 rings (SSSR count). The first-order valence-electron chi connectivity index (χ1n) is 11.0. The highest BCUT2D eigenvalue weighted by molar-refractivity contribution is 5.98. The van der Waals surface area contributed by atoms with Crippen molar-refractivity contribution in [2.24, 2.45) is 5.41 Å². The van der Waals surface area contributed by atoms with E-state index < -0.39 is 0 Å². The molecule has 0 unspecified atom stereocenters. The fraction of sp³-hybridized carbons (Fsp3) is 0.500. The van der Waals surface area contributed by atoms with E-state index in [0.717, 1.165) is 25.3 Å². The number of para-hydroxylation sites is 1. The molecule has 0 aliphatic heterocycles. The minimum absolute atomic E-state index is 0.118. The summed E-state index contributed by atoms with van der Waals surface area (Å²) >= 11 is 0. The van der Waals surface area contributed by atoms with Gasteiger partial charge in [0.2, 0.25) is 5.95 Å². The number of anilines is 2. The first kappa shape index (κ1) is 23.5. The highest BCUT2D eigenvalue weighted by atomic mass is 16.5. The van der Waals surface area contributed by atoms with Crippen LogP contribution in [0.3, 0.4) is 0 Å². The van der Waals surface area contributed by atoms with Gasteiger partial charge in [0.15, 0.2) is 23.6 Å². The number of hydrogen-bond donors (Lipinski definition) is 2. The number of rotatable bonds is 8. The van der Waals surface area contributed by atoms with Crippen LogP contribution in [0, 0.1) is 5.41 Å². The first-order valence-corrected chi connectivity index (χ1v) is 11.0. The van der Waals surface area contributed by atoms with E-state index in [1.54, 1.807) is 12.1 Å². The lowest BCUT2D eigenvalue weighted by atomic mass is 9.91. The summed E-state index contributed by atoms with van der Waals surface area (Å²) in [5, 5.41) is 6.27. The van der Waals surface area contributed by atoms with Crippen molar-refractivity contribution >= 4 is 28.8 Å². The first-order chi connectivity index (χ1) is 15.0. The molecule has 2 N–H and O–H groups in total. The molecule has 8 nitrogen and oxygen atoms in total. The SMILES string of the molecule is CC(C)(C)CCCNc1nc2c(NC(=O)COc3ccccc3)ncnc2n1C(C)(C)C. The van der Waals surface area contributed by atoms with E-state index in [1.807, 2.05) is 18.2 Å². The van der Waals surface area contributed by atoms with Crippen LogP contribution in [0.2, 0.25) is 0 Å². The fourth-order valence-electron chi connectivity index (χ4n) is 3.39. The van der Waals surface area contributed by atoms with Crippen molar-refractivity contribution in [3.63, 3.8) is 0 Å². The number of fused-ring (bicyclic) bond motifs is 1. The Bertz CT molecular complexity index is 1050. The van der Waals surface area contributed by atoms with Gasteiger partial charge in [-0.2, -0.15) is 0 Å². The predicted octanol–water partition coefficient (Wildman–Crippen LogP) is 4.84. The third-order valence-corrected chi connectivity index (χ3v) is 4.87. The zero-order valence-electron chi connectivity index (χ0n) is 19.9. The minimum Gasteiger partial charge on any atom is -0.484 e. The molecule has 32 heavy (non-hydrogen) atoms. The van der Waals surface area contributed by atoms with Crippen molar-refractivity contribution in [3.05, 3.63) is 36.7 Å². The van der Waals surface area contributed by atoms with Gasteiger partial charge in [0, 0.05) is 12.1 Å². The van der Waals surface area contributed by atoms with E-state index in [1.165, 1.54) is 6.33 Å². The molecule has 0 bridgehead atoms. The van der Waals surface area contributed by atoms with Gasteiger partial charge in [-0.25, -0.2) is 15.0 Å². The quantitative estimate of drug-likeness (QED) is 0.489. The Morgan fingerprint density at radius 3 is 2.44 bits per heavy atom. The number of benzene rings is 1. The zero-order valence-corrected chi connectivity index (χ0v) is 19.9. The third kappa shape index (κ3) is 6.18. The van der Waals surface area contributed by atoms with E-state index in [0.29, 0.717) is 22.7 Å². The third-order valence-electron chi connectivity index (χ3n) is 4.87. The number of nitrogens with one attached hydrogen (secondary N) is 2. The van der Waals surface area contributed by atoms with Gasteiger partial charge in [0.1, 0.15) is 12.1 Å². The molecular weight excluding hydrogens is 404 g/mol.